The third-order valence-corrected chi connectivity index (χ3v) is 11.5. The first kappa shape index (κ1) is 50.4. The number of hydrogen-bond acceptors (Lipinski definition) is 13. The summed E-state index contributed by atoms with van der Waals surface area (Å²) >= 11 is 0. The number of nitrogens with one attached hydrogen (secondary N) is 3. The molecule has 2 saturated heterocycles. The second-order valence-corrected chi connectivity index (χ2v) is 16.1. The molecule has 364 valence electrons. The number of benzene rings is 2. The average molecular weight is 965 g/mol. The molecule has 0 radical (unpaired) electrons. The van der Waals surface area contributed by atoms with Gasteiger partial charge in [-0.1, -0.05) is 55.7 Å². The van der Waals surface area contributed by atoms with Crippen LogP contribution in [0.5, 0.6) is 0 Å². The van der Waals surface area contributed by atoms with Crippen molar-refractivity contribution in [2.75, 3.05) is 35.2 Å². The molecule has 8 heterocycles. The molecule has 2 aliphatic heterocycles. The van der Waals surface area contributed by atoms with Crippen molar-refractivity contribution in [3.8, 4) is 46.2 Å². The van der Waals surface area contributed by atoms with Crippen molar-refractivity contribution < 1.29 is 24.3 Å². The van der Waals surface area contributed by atoms with E-state index in [2.05, 4.69) is 53.6 Å². The van der Waals surface area contributed by atoms with Gasteiger partial charge in [0.1, 0.15) is 57.3 Å². The van der Waals surface area contributed by atoms with Gasteiger partial charge in [-0.2, -0.15) is 0 Å². The quantitative estimate of drug-likeness (QED) is 0.0831. The van der Waals surface area contributed by atoms with Crippen LogP contribution in [0.2, 0.25) is 0 Å². The summed E-state index contributed by atoms with van der Waals surface area (Å²) in [7, 11) is 0. The topological polar surface area (TPSA) is 266 Å². The summed E-state index contributed by atoms with van der Waals surface area (Å²) in [6.07, 6.45) is 14.1. The second-order valence-electron chi connectivity index (χ2n) is 16.1. The molecule has 2 aromatic carbocycles. The minimum atomic E-state index is -1.07. The number of amides is 3. The number of imidazole rings is 2. The van der Waals surface area contributed by atoms with E-state index >= 15 is 0 Å². The third-order valence-electron chi connectivity index (χ3n) is 11.5. The Kier molecular flexibility index (Phi) is 16.3. The molecule has 10 rings (SSSR count). The predicted molar refractivity (Wildman–Crippen MR) is 275 cm³/mol. The molecule has 19 heteroatoms. The van der Waals surface area contributed by atoms with Crippen LogP contribution in [0.3, 0.4) is 0 Å². The van der Waals surface area contributed by atoms with Gasteiger partial charge in [-0.3, -0.25) is 23.2 Å². The highest BCUT2D eigenvalue weighted by Gasteiger charge is 2.34. The number of nitrogens with two attached hydrogens (primary N) is 2. The molecule has 0 spiro atoms. The lowest BCUT2D eigenvalue weighted by Gasteiger charge is -2.21. The maximum absolute atomic E-state index is 12.6. The van der Waals surface area contributed by atoms with Crippen LogP contribution in [0, 0.1) is 23.7 Å². The first-order chi connectivity index (χ1) is 34.5. The summed E-state index contributed by atoms with van der Waals surface area (Å²) in [5, 5.41) is 16.8. The van der Waals surface area contributed by atoms with Crippen LogP contribution >= 0.6 is 0 Å². The summed E-state index contributed by atoms with van der Waals surface area (Å²) in [6.45, 7) is 4.74. The first-order valence-electron chi connectivity index (χ1n) is 22.6. The summed E-state index contributed by atoms with van der Waals surface area (Å²) in [4.78, 5) is 75.5. The number of nitrogens with zero attached hydrogens (tertiary/aromatic N) is 9. The van der Waals surface area contributed by atoms with Gasteiger partial charge in [0, 0.05) is 71.9 Å². The van der Waals surface area contributed by atoms with Crippen LogP contribution in [-0.2, 0) is 9.59 Å². The second kappa shape index (κ2) is 23.2. The fourth-order valence-corrected chi connectivity index (χ4v) is 8.34. The van der Waals surface area contributed by atoms with Crippen LogP contribution in [-0.4, -0.2) is 85.5 Å². The smallest absolute Gasteiger partial charge is 0.381 e. The number of carboxylic acid groups (broad SMARTS) is 1. The van der Waals surface area contributed by atoms with E-state index in [0.717, 1.165) is 60.4 Å². The summed E-state index contributed by atoms with van der Waals surface area (Å²) in [5.41, 5.74) is 18.0. The highest BCUT2D eigenvalue weighted by molar-refractivity contribution is 6.05. The van der Waals surface area contributed by atoms with Gasteiger partial charge in [0.05, 0.1) is 12.1 Å². The molecular formula is C53H52N14O5. The van der Waals surface area contributed by atoms with Crippen molar-refractivity contribution in [3.05, 3.63) is 145 Å². The van der Waals surface area contributed by atoms with E-state index in [4.69, 9.17) is 26.5 Å². The van der Waals surface area contributed by atoms with Gasteiger partial charge < -0.3 is 37.4 Å². The minimum Gasteiger partial charge on any atom is -0.472 e. The van der Waals surface area contributed by atoms with Crippen LogP contribution in [0.25, 0.3) is 33.5 Å². The van der Waals surface area contributed by atoms with E-state index in [1.165, 1.54) is 6.92 Å². The molecule has 19 nitrogen and oxygen atoms in total. The molecule has 72 heavy (non-hydrogen) atoms. The molecule has 2 atom stereocenters. The van der Waals surface area contributed by atoms with Gasteiger partial charge in [0.25, 0.3) is 17.7 Å². The Bertz CT molecular complexity index is 3350. The number of carbonyl (C=O) groups is 4. The monoisotopic (exact) mass is 964 g/mol. The highest BCUT2D eigenvalue weighted by Crippen LogP contribution is 2.37. The Morgan fingerprint density at radius 1 is 0.653 bits per heavy atom. The molecule has 0 unspecified atom stereocenters. The fraction of sp³-hybridized carbons (Fsp3) is 0.208. The van der Waals surface area contributed by atoms with Crippen molar-refractivity contribution >= 4 is 58.0 Å². The van der Waals surface area contributed by atoms with Gasteiger partial charge in [-0.15, -0.1) is 0 Å². The zero-order chi connectivity index (χ0) is 49.9. The molecule has 2 aliphatic rings. The van der Waals surface area contributed by atoms with E-state index in [9.17, 15) is 19.2 Å². The SMILES string of the molecule is C.CC#CC(=O)N1CCC[C@H]1c1nc(-c2ccc(C(=O)Nc3ccccn3)cc2)c2c(N)nccn12.CC#CC(=O)O.Nc1nccn2c([C@@H]3CCCN3)nc(-c3ccc(C(=O)Nc4ccccn4)cc3)c12. The first-order valence-corrected chi connectivity index (χ1v) is 22.6. The molecule has 0 saturated carbocycles. The van der Waals surface area contributed by atoms with E-state index in [1.54, 1.807) is 97.4 Å². The molecule has 6 aromatic heterocycles. The number of fused-ring (bicyclic) bond motifs is 2. The Balaban J connectivity index is 0.000000189. The number of aliphatic carboxylic acids is 1. The number of hydrogen-bond donors (Lipinski definition) is 6. The van der Waals surface area contributed by atoms with Gasteiger partial charge in [-0.05, 0) is 101 Å². The lowest BCUT2D eigenvalue weighted by Crippen LogP contribution is -2.30. The minimum absolute atomic E-state index is 0. The molecule has 3 amide bonds. The normalized spacial score (nSPS) is 14.4. The Hall–Kier alpha value is -9.46. The number of pyridine rings is 2. The lowest BCUT2D eigenvalue weighted by atomic mass is 10.1. The zero-order valence-electron chi connectivity index (χ0n) is 38.7. The molecule has 8 aromatic rings. The van der Waals surface area contributed by atoms with Gasteiger partial charge in [-0.25, -0.2) is 34.7 Å². The number of carbonyl (C=O) groups excluding carboxylic acids is 3. The Labute approximate surface area is 415 Å². The predicted octanol–water partition coefficient (Wildman–Crippen LogP) is 7.09. The van der Waals surface area contributed by atoms with Crippen molar-refractivity contribution in [3.63, 3.8) is 0 Å². The highest BCUT2D eigenvalue weighted by atomic mass is 16.4. The molecule has 0 aliphatic carbocycles. The van der Waals surface area contributed by atoms with Gasteiger partial charge in [0.2, 0.25) is 0 Å². The Morgan fingerprint density at radius 3 is 1.61 bits per heavy atom. The van der Waals surface area contributed by atoms with Crippen molar-refractivity contribution in [1.82, 2.24) is 48.9 Å². The number of rotatable bonds is 8. The zero-order valence-corrected chi connectivity index (χ0v) is 38.7. The molecule has 2 fully saturated rings. The third kappa shape index (κ3) is 11.3. The van der Waals surface area contributed by atoms with Crippen LogP contribution in [0.4, 0.5) is 23.3 Å². The van der Waals surface area contributed by atoms with E-state index < -0.39 is 5.97 Å². The molecular weight excluding hydrogens is 913 g/mol. The number of anilines is 4. The van der Waals surface area contributed by atoms with E-state index in [-0.39, 0.29) is 37.2 Å². The number of nitrogen functional groups attached to an aromatic ring is 2. The Morgan fingerprint density at radius 2 is 1.17 bits per heavy atom. The van der Waals surface area contributed by atoms with Crippen molar-refractivity contribution in [2.24, 2.45) is 0 Å². The van der Waals surface area contributed by atoms with Gasteiger partial charge in [0.15, 0.2) is 0 Å². The van der Waals surface area contributed by atoms with Crippen LogP contribution < -0.4 is 27.4 Å². The lowest BCUT2D eigenvalue weighted by molar-refractivity contribution is -0.130. The number of likely N-dealkylation sites (tertiary alicyclic amines) is 1. The molecule has 8 N–H and O–H groups in total. The standard InChI is InChI=1S/C26H23N7O2.C22H21N7O.C4H4O2.CH4/c1-2-6-21(34)32-15-5-7-19(32)25-31-22(23-24(27)29-14-16-33(23)25)17-9-11-18(12-10-17)26(35)30-20-8-3-4-13-28-20;23-20-19-18(28-21(16-4-3-11-24-16)29(19)13-12-26-20)14-6-8-15(9-7-14)22(30)27-17-5-1-2-10-25-17;1-2-3-4(5)6;/h3-4,8-14,16,19H,5,7,15H2,1H3,(H2,27,29)(H,28,30,35);1-2,5-10,12-13,16,24H,3-4,11H2,(H2,23,26)(H,25,27,30);1H3,(H,5,6);1H4/t19-;16-;;/m00../s1. The average Bonchev–Trinajstić information content (AvgIpc) is 4.22. The van der Waals surface area contributed by atoms with Gasteiger partial charge >= 0.3 is 5.97 Å². The van der Waals surface area contributed by atoms with E-state index in [0.29, 0.717) is 58.0 Å². The fourth-order valence-electron chi connectivity index (χ4n) is 8.34. The summed E-state index contributed by atoms with van der Waals surface area (Å²) in [6, 6.07) is 25.1. The van der Waals surface area contributed by atoms with Crippen molar-refractivity contribution in [2.45, 2.75) is 59.0 Å². The van der Waals surface area contributed by atoms with E-state index in [1.807, 2.05) is 51.3 Å². The number of carboxylic acids is 1. The summed E-state index contributed by atoms with van der Waals surface area (Å²) < 4.78 is 3.91. The van der Waals surface area contributed by atoms with Crippen LogP contribution in [0.15, 0.2) is 122 Å². The molecule has 0 bridgehead atoms. The van der Waals surface area contributed by atoms with Crippen LogP contribution in [0.1, 0.15) is 91.4 Å². The number of aromatic nitrogens is 8. The largest absolute Gasteiger partial charge is 0.472 e. The van der Waals surface area contributed by atoms with Crippen molar-refractivity contribution in [1.29, 1.82) is 0 Å². The summed E-state index contributed by atoms with van der Waals surface area (Å²) in [5.74, 6) is 11.1. The maximum Gasteiger partial charge on any atom is 0.381 e. The maximum atomic E-state index is 12.6.